The maximum atomic E-state index is 12.7. The summed E-state index contributed by atoms with van der Waals surface area (Å²) in [6.07, 6.45) is 2.71. The zero-order chi connectivity index (χ0) is 15.2. The fourth-order valence-corrected chi connectivity index (χ4v) is 1.72. The molecule has 0 aliphatic carbocycles. The molecule has 2 aromatic rings. The highest BCUT2D eigenvalue weighted by atomic mass is 35.5. The Kier molecular flexibility index (Phi) is 5.05. The van der Waals surface area contributed by atoms with Gasteiger partial charge in [0.05, 0.1) is 18.9 Å². The quantitative estimate of drug-likeness (QED) is 0.851. The third kappa shape index (κ3) is 4.39. The third-order valence-electron chi connectivity index (χ3n) is 2.68. The molecule has 0 saturated carbocycles. The lowest BCUT2D eigenvalue weighted by atomic mass is 10.3. The lowest BCUT2D eigenvalue weighted by Gasteiger charge is -2.16. The molecule has 0 radical (unpaired) electrons. The number of rotatable bonds is 5. The standard InChI is InChI=1S/C14H13ClFN3O2/c1-19(14(20)12-8-17-9-13(15)18-12)6-7-21-11-4-2-10(16)3-5-11/h2-5,8-9H,6-7H2,1H3. The molecule has 0 bridgehead atoms. The average molecular weight is 310 g/mol. The van der Waals surface area contributed by atoms with E-state index in [2.05, 4.69) is 9.97 Å². The number of benzene rings is 1. The lowest BCUT2D eigenvalue weighted by molar-refractivity contribution is 0.0767. The Morgan fingerprint density at radius 3 is 2.71 bits per heavy atom. The molecule has 21 heavy (non-hydrogen) atoms. The van der Waals surface area contributed by atoms with Gasteiger partial charge >= 0.3 is 0 Å². The summed E-state index contributed by atoms with van der Waals surface area (Å²) in [4.78, 5) is 21.2. The van der Waals surface area contributed by atoms with Gasteiger partial charge in [-0.25, -0.2) is 9.37 Å². The second-order valence-corrected chi connectivity index (χ2v) is 4.64. The summed E-state index contributed by atoms with van der Waals surface area (Å²) in [7, 11) is 1.62. The second kappa shape index (κ2) is 6.99. The normalized spacial score (nSPS) is 10.2. The van der Waals surface area contributed by atoms with Crippen LogP contribution in [0.15, 0.2) is 36.7 Å². The number of likely N-dealkylation sites (N-methyl/N-ethyl adjacent to an activating group) is 1. The third-order valence-corrected chi connectivity index (χ3v) is 2.86. The minimum Gasteiger partial charge on any atom is -0.492 e. The van der Waals surface area contributed by atoms with Crippen LogP contribution < -0.4 is 4.74 Å². The Balaban J connectivity index is 1.85. The molecule has 0 N–H and O–H groups in total. The van der Waals surface area contributed by atoms with Gasteiger partial charge in [0.2, 0.25) is 0 Å². The first-order valence-electron chi connectivity index (χ1n) is 6.17. The van der Waals surface area contributed by atoms with Crippen LogP contribution >= 0.6 is 11.6 Å². The van der Waals surface area contributed by atoms with E-state index >= 15 is 0 Å². The van der Waals surface area contributed by atoms with E-state index < -0.39 is 0 Å². The van der Waals surface area contributed by atoms with Crippen LogP contribution in [0.3, 0.4) is 0 Å². The number of carbonyl (C=O) groups excluding carboxylic acids is 1. The van der Waals surface area contributed by atoms with Gasteiger partial charge in [-0.2, -0.15) is 0 Å². The number of halogens is 2. The molecule has 0 fully saturated rings. The molecule has 1 heterocycles. The molecule has 0 saturated heterocycles. The van der Waals surface area contributed by atoms with Gasteiger partial charge < -0.3 is 9.64 Å². The van der Waals surface area contributed by atoms with E-state index in [4.69, 9.17) is 16.3 Å². The predicted octanol–water partition coefficient (Wildman–Crippen LogP) is 2.42. The first-order valence-corrected chi connectivity index (χ1v) is 6.55. The van der Waals surface area contributed by atoms with Gasteiger partial charge in [0.1, 0.15) is 29.0 Å². The lowest BCUT2D eigenvalue weighted by Crippen LogP contribution is -2.31. The van der Waals surface area contributed by atoms with E-state index in [0.717, 1.165) is 0 Å². The Labute approximate surface area is 126 Å². The SMILES string of the molecule is CN(CCOc1ccc(F)cc1)C(=O)c1cncc(Cl)n1. The van der Waals surface area contributed by atoms with Gasteiger partial charge in [0, 0.05) is 7.05 Å². The Hall–Kier alpha value is -2.21. The molecule has 0 atom stereocenters. The molecule has 1 aromatic carbocycles. The van der Waals surface area contributed by atoms with Crippen molar-refractivity contribution in [1.29, 1.82) is 0 Å². The number of hydrogen-bond donors (Lipinski definition) is 0. The van der Waals surface area contributed by atoms with Gasteiger partial charge in [-0.05, 0) is 24.3 Å². The van der Waals surface area contributed by atoms with E-state index in [1.807, 2.05) is 0 Å². The van der Waals surface area contributed by atoms with Crippen LogP contribution in [0.5, 0.6) is 5.75 Å². The molecule has 110 valence electrons. The first-order chi connectivity index (χ1) is 10.1. The van der Waals surface area contributed by atoms with E-state index in [0.29, 0.717) is 12.3 Å². The molecule has 0 unspecified atom stereocenters. The average Bonchev–Trinajstić information content (AvgIpc) is 2.48. The molecule has 2 rings (SSSR count). The summed E-state index contributed by atoms with van der Waals surface area (Å²) in [5, 5.41) is 0.164. The summed E-state index contributed by atoms with van der Waals surface area (Å²) in [6, 6.07) is 5.68. The summed E-state index contributed by atoms with van der Waals surface area (Å²) in [5.41, 5.74) is 0.173. The highest BCUT2D eigenvalue weighted by Gasteiger charge is 2.13. The molecule has 0 spiro atoms. The molecule has 0 aliphatic heterocycles. The highest BCUT2D eigenvalue weighted by molar-refractivity contribution is 6.29. The van der Waals surface area contributed by atoms with Gasteiger partial charge in [-0.1, -0.05) is 11.6 Å². The van der Waals surface area contributed by atoms with Crippen molar-refractivity contribution in [2.24, 2.45) is 0 Å². The fourth-order valence-electron chi connectivity index (χ4n) is 1.57. The van der Waals surface area contributed by atoms with Crippen molar-refractivity contribution in [2.45, 2.75) is 0 Å². The van der Waals surface area contributed by atoms with Crippen molar-refractivity contribution in [3.05, 3.63) is 53.3 Å². The zero-order valence-electron chi connectivity index (χ0n) is 11.3. The first kappa shape index (κ1) is 15.2. The molecular formula is C14H13ClFN3O2. The van der Waals surface area contributed by atoms with Crippen LogP contribution in [0.2, 0.25) is 5.15 Å². The van der Waals surface area contributed by atoms with E-state index in [-0.39, 0.29) is 29.2 Å². The van der Waals surface area contributed by atoms with Crippen LogP contribution in [0.4, 0.5) is 4.39 Å². The largest absolute Gasteiger partial charge is 0.492 e. The maximum Gasteiger partial charge on any atom is 0.273 e. The molecule has 7 heteroatoms. The summed E-state index contributed by atoms with van der Waals surface area (Å²) >= 11 is 5.69. The van der Waals surface area contributed by atoms with Crippen molar-refractivity contribution in [2.75, 3.05) is 20.2 Å². The number of hydrogen-bond acceptors (Lipinski definition) is 4. The zero-order valence-corrected chi connectivity index (χ0v) is 12.0. The fraction of sp³-hybridized carbons (Fsp3) is 0.214. The van der Waals surface area contributed by atoms with Crippen LogP contribution in [-0.4, -0.2) is 41.0 Å². The smallest absolute Gasteiger partial charge is 0.273 e. The van der Waals surface area contributed by atoms with Crippen molar-refractivity contribution in [3.63, 3.8) is 0 Å². The minimum absolute atomic E-state index is 0.164. The molecular weight excluding hydrogens is 297 g/mol. The number of amides is 1. The van der Waals surface area contributed by atoms with Gasteiger partial charge in [0.15, 0.2) is 0 Å². The Morgan fingerprint density at radius 2 is 2.05 bits per heavy atom. The minimum atomic E-state index is -0.325. The van der Waals surface area contributed by atoms with Crippen molar-refractivity contribution in [3.8, 4) is 5.75 Å². The van der Waals surface area contributed by atoms with Crippen molar-refractivity contribution in [1.82, 2.24) is 14.9 Å². The highest BCUT2D eigenvalue weighted by Crippen LogP contribution is 2.11. The topological polar surface area (TPSA) is 55.3 Å². The number of aromatic nitrogens is 2. The summed E-state index contributed by atoms with van der Waals surface area (Å²) in [6.45, 7) is 0.631. The molecule has 1 aromatic heterocycles. The number of carbonyl (C=O) groups is 1. The summed E-state index contributed by atoms with van der Waals surface area (Å²) in [5.74, 6) is -0.0818. The van der Waals surface area contributed by atoms with Crippen LogP contribution in [-0.2, 0) is 0 Å². The van der Waals surface area contributed by atoms with E-state index in [1.54, 1.807) is 7.05 Å². The van der Waals surface area contributed by atoms with Crippen LogP contribution in [0, 0.1) is 5.82 Å². The predicted molar refractivity (Wildman–Crippen MR) is 75.9 cm³/mol. The molecule has 0 aliphatic rings. The number of nitrogens with zero attached hydrogens (tertiary/aromatic N) is 3. The van der Waals surface area contributed by atoms with Crippen LogP contribution in [0.1, 0.15) is 10.5 Å². The summed E-state index contributed by atoms with van der Waals surface area (Å²) < 4.78 is 18.1. The van der Waals surface area contributed by atoms with E-state index in [9.17, 15) is 9.18 Å². The van der Waals surface area contributed by atoms with E-state index in [1.165, 1.54) is 41.6 Å². The van der Waals surface area contributed by atoms with Gasteiger partial charge in [0.25, 0.3) is 5.91 Å². The van der Waals surface area contributed by atoms with Gasteiger partial charge in [-0.3, -0.25) is 9.78 Å². The van der Waals surface area contributed by atoms with Crippen molar-refractivity contribution < 1.29 is 13.9 Å². The monoisotopic (exact) mass is 309 g/mol. The molecule has 5 nitrogen and oxygen atoms in total. The maximum absolute atomic E-state index is 12.7. The Bertz CT molecular complexity index is 622. The Morgan fingerprint density at radius 1 is 1.33 bits per heavy atom. The number of ether oxygens (including phenoxy) is 1. The van der Waals surface area contributed by atoms with Crippen LogP contribution in [0.25, 0.3) is 0 Å². The second-order valence-electron chi connectivity index (χ2n) is 4.26. The van der Waals surface area contributed by atoms with Gasteiger partial charge in [-0.15, -0.1) is 0 Å². The van der Waals surface area contributed by atoms with Crippen molar-refractivity contribution >= 4 is 17.5 Å². The molecule has 1 amide bonds.